The predicted octanol–water partition coefficient (Wildman–Crippen LogP) is 3.73. The molecule has 24 heavy (non-hydrogen) atoms. The molecule has 3 rings (SSSR count). The van der Waals surface area contributed by atoms with Crippen LogP contribution >= 0.6 is 0 Å². The minimum Gasteiger partial charge on any atom is -0.339 e. The van der Waals surface area contributed by atoms with Gasteiger partial charge in [0.2, 0.25) is 5.91 Å². The molecule has 4 nitrogen and oxygen atoms in total. The van der Waals surface area contributed by atoms with Crippen molar-refractivity contribution in [3.05, 3.63) is 72.1 Å². The van der Waals surface area contributed by atoms with E-state index >= 15 is 0 Å². The van der Waals surface area contributed by atoms with Crippen LogP contribution in [0.1, 0.15) is 18.3 Å². The van der Waals surface area contributed by atoms with E-state index in [4.69, 9.17) is 4.98 Å². The maximum absolute atomic E-state index is 11.5. The van der Waals surface area contributed by atoms with Crippen molar-refractivity contribution < 1.29 is 4.79 Å². The summed E-state index contributed by atoms with van der Waals surface area (Å²) in [5.74, 6) is 0.931. The van der Waals surface area contributed by atoms with Gasteiger partial charge in [0.05, 0.1) is 17.6 Å². The summed E-state index contributed by atoms with van der Waals surface area (Å²) in [6.07, 6.45) is 4.23. The molecule has 0 N–H and O–H groups in total. The van der Waals surface area contributed by atoms with Gasteiger partial charge in [-0.3, -0.25) is 4.79 Å². The number of hydrogen-bond acceptors (Lipinski definition) is 2. The highest BCUT2D eigenvalue weighted by atomic mass is 16.2. The SMILES string of the molecule is CC(=O)N(C)Cc1nc2ccccc2n1C/C=C/c1ccccc1. The third-order valence-electron chi connectivity index (χ3n) is 4.05. The Morgan fingerprint density at radius 3 is 2.58 bits per heavy atom. The lowest BCUT2D eigenvalue weighted by molar-refractivity contribution is -0.128. The second-order valence-corrected chi connectivity index (χ2v) is 5.82. The molecule has 0 fully saturated rings. The van der Waals surface area contributed by atoms with E-state index in [0.29, 0.717) is 6.54 Å². The molecule has 1 aromatic heterocycles. The van der Waals surface area contributed by atoms with E-state index in [0.717, 1.165) is 23.4 Å². The Morgan fingerprint density at radius 2 is 1.83 bits per heavy atom. The minimum absolute atomic E-state index is 0.0356. The maximum atomic E-state index is 11.5. The summed E-state index contributed by atoms with van der Waals surface area (Å²) in [7, 11) is 1.80. The lowest BCUT2D eigenvalue weighted by Crippen LogP contribution is -2.25. The molecule has 0 atom stereocenters. The first kappa shape index (κ1) is 16.0. The van der Waals surface area contributed by atoms with Crippen molar-refractivity contribution in [1.82, 2.24) is 14.5 Å². The number of carbonyl (C=O) groups is 1. The summed E-state index contributed by atoms with van der Waals surface area (Å²) in [4.78, 5) is 17.9. The van der Waals surface area contributed by atoms with E-state index in [-0.39, 0.29) is 5.91 Å². The Bertz CT molecular complexity index is 865. The van der Waals surface area contributed by atoms with Crippen molar-refractivity contribution in [3.8, 4) is 0 Å². The van der Waals surface area contributed by atoms with Crippen LogP contribution in [0.4, 0.5) is 0 Å². The van der Waals surface area contributed by atoms with E-state index in [1.54, 1.807) is 18.9 Å². The predicted molar refractivity (Wildman–Crippen MR) is 97.4 cm³/mol. The number of allylic oxidation sites excluding steroid dienone is 1. The van der Waals surface area contributed by atoms with Gasteiger partial charge in [0.25, 0.3) is 0 Å². The van der Waals surface area contributed by atoms with E-state index in [1.807, 2.05) is 36.4 Å². The number of para-hydroxylation sites is 2. The molecule has 4 heteroatoms. The van der Waals surface area contributed by atoms with Crippen LogP contribution in [0.2, 0.25) is 0 Å². The fourth-order valence-corrected chi connectivity index (χ4v) is 2.63. The highest BCUT2D eigenvalue weighted by Gasteiger charge is 2.12. The quantitative estimate of drug-likeness (QED) is 0.719. The van der Waals surface area contributed by atoms with Gasteiger partial charge in [-0.15, -0.1) is 0 Å². The fourth-order valence-electron chi connectivity index (χ4n) is 2.63. The standard InChI is InChI=1S/C20H21N3O/c1-16(24)22(2)15-20-21-18-12-6-7-13-19(18)23(20)14-8-11-17-9-4-3-5-10-17/h3-13H,14-15H2,1-2H3/b11-8+. The molecule has 0 saturated heterocycles. The first-order valence-electron chi connectivity index (χ1n) is 8.02. The van der Waals surface area contributed by atoms with E-state index in [1.165, 1.54) is 5.56 Å². The Labute approximate surface area is 142 Å². The molecule has 1 heterocycles. The van der Waals surface area contributed by atoms with Crippen LogP contribution in [0.5, 0.6) is 0 Å². The largest absolute Gasteiger partial charge is 0.339 e. The summed E-state index contributed by atoms with van der Waals surface area (Å²) < 4.78 is 2.16. The topological polar surface area (TPSA) is 38.1 Å². The molecular weight excluding hydrogens is 298 g/mol. The van der Waals surface area contributed by atoms with Crippen molar-refractivity contribution >= 4 is 23.0 Å². The Hall–Kier alpha value is -2.88. The van der Waals surface area contributed by atoms with Crippen molar-refractivity contribution in [1.29, 1.82) is 0 Å². The second-order valence-electron chi connectivity index (χ2n) is 5.82. The van der Waals surface area contributed by atoms with Crippen molar-refractivity contribution in [2.45, 2.75) is 20.0 Å². The number of carbonyl (C=O) groups excluding carboxylic acids is 1. The van der Waals surface area contributed by atoms with Crippen LogP contribution in [0.3, 0.4) is 0 Å². The molecule has 0 radical (unpaired) electrons. The van der Waals surface area contributed by atoms with Gasteiger partial charge in [0.15, 0.2) is 0 Å². The summed E-state index contributed by atoms with van der Waals surface area (Å²) in [6.45, 7) is 2.79. The zero-order valence-corrected chi connectivity index (χ0v) is 14.0. The number of amides is 1. The van der Waals surface area contributed by atoms with Crippen LogP contribution < -0.4 is 0 Å². The normalized spacial score (nSPS) is 11.2. The second kappa shape index (κ2) is 7.13. The lowest BCUT2D eigenvalue weighted by atomic mass is 10.2. The zero-order valence-electron chi connectivity index (χ0n) is 14.0. The van der Waals surface area contributed by atoms with Gasteiger partial charge < -0.3 is 9.47 Å². The fraction of sp³-hybridized carbons (Fsp3) is 0.200. The molecule has 0 aliphatic heterocycles. The molecule has 1 amide bonds. The summed E-state index contributed by atoms with van der Waals surface area (Å²) in [6, 6.07) is 18.3. The number of aromatic nitrogens is 2. The smallest absolute Gasteiger partial charge is 0.219 e. The number of imidazole rings is 1. The minimum atomic E-state index is 0.0356. The van der Waals surface area contributed by atoms with Crippen LogP contribution in [-0.4, -0.2) is 27.4 Å². The number of nitrogens with zero attached hydrogens (tertiary/aromatic N) is 3. The summed E-state index contributed by atoms with van der Waals surface area (Å²) >= 11 is 0. The van der Waals surface area contributed by atoms with Crippen LogP contribution in [0, 0.1) is 0 Å². The molecule has 2 aromatic carbocycles. The van der Waals surface area contributed by atoms with Gasteiger partial charge in [0, 0.05) is 20.5 Å². The molecule has 3 aromatic rings. The molecule has 122 valence electrons. The summed E-state index contributed by atoms with van der Waals surface area (Å²) in [5.41, 5.74) is 3.21. The number of fused-ring (bicyclic) bond motifs is 1. The Kier molecular flexibility index (Phi) is 4.75. The van der Waals surface area contributed by atoms with Gasteiger partial charge in [-0.05, 0) is 17.7 Å². The van der Waals surface area contributed by atoms with Crippen LogP contribution in [0.15, 0.2) is 60.7 Å². The first-order valence-corrected chi connectivity index (χ1v) is 8.02. The third-order valence-corrected chi connectivity index (χ3v) is 4.05. The number of rotatable bonds is 5. The highest BCUT2D eigenvalue weighted by Crippen LogP contribution is 2.17. The molecule has 0 saturated carbocycles. The molecule has 0 unspecified atom stereocenters. The summed E-state index contributed by atoms with van der Waals surface area (Å²) in [5, 5.41) is 0. The van der Waals surface area contributed by atoms with Gasteiger partial charge in [-0.2, -0.15) is 0 Å². The van der Waals surface area contributed by atoms with E-state index in [9.17, 15) is 4.79 Å². The lowest BCUT2D eigenvalue weighted by Gasteiger charge is -2.15. The van der Waals surface area contributed by atoms with Crippen molar-refractivity contribution in [3.63, 3.8) is 0 Å². The zero-order chi connectivity index (χ0) is 16.9. The molecule has 0 spiro atoms. The van der Waals surface area contributed by atoms with Gasteiger partial charge in [-0.25, -0.2) is 4.98 Å². The van der Waals surface area contributed by atoms with Gasteiger partial charge in [-0.1, -0.05) is 54.6 Å². The number of hydrogen-bond donors (Lipinski definition) is 0. The highest BCUT2D eigenvalue weighted by molar-refractivity contribution is 5.76. The number of benzene rings is 2. The molecule has 0 aliphatic carbocycles. The van der Waals surface area contributed by atoms with Gasteiger partial charge >= 0.3 is 0 Å². The third kappa shape index (κ3) is 3.54. The average Bonchev–Trinajstić information content (AvgIpc) is 2.93. The van der Waals surface area contributed by atoms with E-state index < -0.39 is 0 Å². The van der Waals surface area contributed by atoms with Crippen LogP contribution in [0.25, 0.3) is 17.1 Å². The maximum Gasteiger partial charge on any atom is 0.219 e. The van der Waals surface area contributed by atoms with E-state index in [2.05, 4.69) is 34.9 Å². The first-order chi connectivity index (χ1) is 11.6. The molecule has 0 bridgehead atoms. The average molecular weight is 319 g/mol. The van der Waals surface area contributed by atoms with Crippen molar-refractivity contribution in [2.24, 2.45) is 0 Å². The van der Waals surface area contributed by atoms with Crippen LogP contribution in [-0.2, 0) is 17.9 Å². The molecule has 0 aliphatic rings. The van der Waals surface area contributed by atoms with Crippen molar-refractivity contribution in [2.75, 3.05) is 7.05 Å². The Morgan fingerprint density at radius 1 is 1.12 bits per heavy atom. The molecular formula is C20H21N3O. The van der Waals surface area contributed by atoms with Gasteiger partial charge in [0.1, 0.15) is 5.82 Å². The Balaban J connectivity index is 1.89. The monoisotopic (exact) mass is 319 g/mol.